The number of aliphatic hydroxyl groups is 2. The average molecular weight is 405 g/mol. The van der Waals surface area contributed by atoms with E-state index in [1.165, 1.54) is 32.4 Å². The second kappa shape index (κ2) is 6.51. The smallest absolute Gasteiger partial charge is 0.263 e. The molecule has 1 aliphatic carbocycles. The fourth-order valence-corrected chi connectivity index (χ4v) is 7.60. The molecule has 2 fully saturated rings. The van der Waals surface area contributed by atoms with Gasteiger partial charge in [0, 0.05) is 19.2 Å². The number of aliphatic hydroxyl groups excluding tert-OH is 2. The van der Waals surface area contributed by atoms with Gasteiger partial charge in [0.2, 0.25) is 0 Å². The SMILES string of the molecule is C=C1N(C)[C@](CO)(SC)C(=O)N2[C@H]3C(=CC=C[C@@H]3O)C[C@@]12SSS. The van der Waals surface area contributed by atoms with Gasteiger partial charge in [-0.2, -0.15) is 0 Å². The number of thiol groups is 1. The van der Waals surface area contributed by atoms with Gasteiger partial charge >= 0.3 is 0 Å². The highest BCUT2D eigenvalue weighted by molar-refractivity contribution is 9.05. The van der Waals surface area contributed by atoms with Crippen LogP contribution in [-0.2, 0) is 4.79 Å². The van der Waals surface area contributed by atoms with Crippen LogP contribution in [0.15, 0.2) is 36.1 Å². The van der Waals surface area contributed by atoms with Crippen molar-refractivity contribution in [1.29, 1.82) is 0 Å². The predicted molar refractivity (Wildman–Crippen MR) is 106 cm³/mol. The third-order valence-electron chi connectivity index (χ3n) is 5.11. The summed E-state index contributed by atoms with van der Waals surface area (Å²) >= 11 is 5.57. The summed E-state index contributed by atoms with van der Waals surface area (Å²) in [4.78, 5) is 15.1. The van der Waals surface area contributed by atoms with Crippen LogP contribution in [0.3, 0.4) is 0 Å². The van der Waals surface area contributed by atoms with Gasteiger partial charge in [0.05, 0.1) is 18.8 Å². The van der Waals surface area contributed by atoms with Crippen LogP contribution in [0, 0.1) is 0 Å². The second-order valence-electron chi connectivity index (χ2n) is 6.01. The van der Waals surface area contributed by atoms with Crippen molar-refractivity contribution in [2.75, 3.05) is 19.9 Å². The summed E-state index contributed by atoms with van der Waals surface area (Å²) in [5.74, 6) is -0.204. The Labute approximate surface area is 158 Å². The average Bonchev–Trinajstić information content (AvgIpc) is 2.91. The number of nitrogens with zero attached hydrogens (tertiary/aromatic N) is 2. The van der Waals surface area contributed by atoms with Crippen LogP contribution in [0.1, 0.15) is 6.42 Å². The molecule has 2 aliphatic heterocycles. The number of carbonyl (C=O) groups excluding carboxylic acids is 1. The minimum atomic E-state index is -1.13. The molecule has 0 aromatic heterocycles. The normalized spacial score (nSPS) is 38.3. The van der Waals surface area contributed by atoms with Crippen molar-refractivity contribution in [2.45, 2.75) is 28.3 Å². The Balaban J connectivity index is 2.18. The van der Waals surface area contributed by atoms with Gasteiger partial charge in [0.1, 0.15) is 4.87 Å². The van der Waals surface area contributed by atoms with Gasteiger partial charge in [-0.3, -0.25) is 4.79 Å². The number of likely N-dealkylation sites (N-methyl/N-ethyl adjacent to an activating group) is 1. The predicted octanol–water partition coefficient (Wildman–Crippen LogP) is 1.88. The number of carbonyl (C=O) groups is 1. The van der Waals surface area contributed by atoms with Gasteiger partial charge in [0.15, 0.2) is 4.87 Å². The van der Waals surface area contributed by atoms with Gasteiger partial charge in [-0.25, -0.2) is 0 Å². The van der Waals surface area contributed by atoms with Crippen molar-refractivity contribution in [3.8, 4) is 0 Å². The first-order chi connectivity index (χ1) is 11.4. The van der Waals surface area contributed by atoms with Crippen LogP contribution in [0.25, 0.3) is 0 Å². The third kappa shape index (κ3) is 2.25. The van der Waals surface area contributed by atoms with Crippen LogP contribution >= 0.6 is 44.0 Å². The molecular formula is C15H20N2O3S4. The Morgan fingerprint density at radius 1 is 1.54 bits per heavy atom. The van der Waals surface area contributed by atoms with Gasteiger partial charge in [0.25, 0.3) is 5.91 Å². The number of piperazine rings is 1. The van der Waals surface area contributed by atoms with E-state index in [0.717, 1.165) is 11.3 Å². The molecule has 0 saturated carbocycles. The Kier molecular flexibility index (Phi) is 5.05. The van der Waals surface area contributed by atoms with Crippen LogP contribution in [-0.4, -0.2) is 67.7 Å². The summed E-state index contributed by atoms with van der Waals surface area (Å²) in [6, 6.07) is -0.431. The van der Waals surface area contributed by atoms with Crippen molar-refractivity contribution in [3.05, 3.63) is 36.1 Å². The molecule has 2 N–H and O–H groups in total. The molecule has 9 heteroatoms. The maximum absolute atomic E-state index is 13.5. The van der Waals surface area contributed by atoms with Crippen molar-refractivity contribution in [2.24, 2.45) is 0 Å². The molecule has 0 aromatic carbocycles. The van der Waals surface area contributed by atoms with Crippen molar-refractivity contribution >= 4 is 49.9 Å². The molecule has 0 aromatic rings. The van der Waals surface area contributed by atoms with E-state index in [2.05, 4.69) is 18.2 Å². The van der Waals surface area contributed by atoms with E-state index in [9.17, 15) is 15.0 Å². The first-order valence-electron chi connectivity index (χ1n) is 7.37. The number of fused-ring (bicyclic) bond motifs is 3. The molecule has 132 valence electrons. The summed E-state index contributed by atoms with van der Waals surface area (Å²) in [7, 11) is 4.52. The molecule has 24 heavy (non-hydrogen) atoms. The maximum Gasteiger partial charge on any atom is 0.263 e. The zero-order chi connectivity index (χ0) is 17.7. The van der Waals surface area contributed by atoms with E-state index in [1.54, 1.807) is 29.2 Å². The van der Waals surface area contributed by atoms with Crippen LogP contribution in [0.4, 0.5) is 0 Å². The molecule has 0 spiro atoms. The number of hydrogen-bond donors (Lipinski definition) is 3. The summed E-state index contributed by atoms with van der Waals surface area (Å²) in [6.45, 7) is 3.92. The molecule has 3 aliphatic rings. The molecule has 0 radical (unpaired) electrons. The molecule has 0 unspecified atom stereocenters. The van der Waals surface area contributed by atoms with Crippen molar-refractivity contribution < 1.29 is 15.0 Å². The summed E-state index contributed by atoms with van der Waals surface area (Å²) in [6.07, 6.45) is 7.10. The molecule has 0 bridgehead atoms. The lowest BCUT2D eigenvalue weighted by Crippen LogP contribution is -2.70. The fourth-order valence-electron chi connectivity index (χ4n) is 3.77. The maximum atomic E-state index is 13.5. The number of amides is 1. The van der Waals surface area contributed by atoms with Gasteiger partial charge < -0.3 is 20.0 Å². The molecule has 1 amide bonds. The lowest BCUT2D eigenvalue weighted by atomic mass is 9.96. The Bertz CT molecular complexity index is 634. The number of allylic oxidation sites excluding steroid dienone is 2. The second-order valence-corrected chi connectivity index (χ2v) is 10.4. The largest absolute Gasteiger partial charge is 0.392 e. The van der Waals surface area contributed by atoms with Gasteiger partial charge in [-0.15, -0.1) is 11.8 Å². The monoisotopic (exact) mass is 404 g/mol. The van der Waals surface area contributed by atoms with E-state index in [1.807, 2.05) is 12.2 Å². The quantitative estimate of drug-likeness (QED) is 0.488. The minimum absolute atomic E-state index is 0.204. The van der Waals surface area contributed by atoms with E-state index in [0.29, 0.717) is 6.42 Å². The topological polar surface area (TPSA) is 64.0 Å². The van der Waals surface area contributed by atoms with Crippen molar-refractivity contribution in [1.82, 2.24) is 9.80 Å². The lowest BCUT2D eigenvalue weighted by Gasteiger charge is -2.56. The highest BCUT2D eigenvalue weighted by Crippen LogP contribution is 2.60. The number of hydrogen-bond acceptors (Lipinski definition) is 8. The lowest BCUT2D eigenvalue weighted by molar-refractivity contribution is -0.149. The number of rotatable bonds is 4. The minimum Gasteiger partial charge on any atom is -0.392 e. The molecule has 4 atom stereocenters. The van der Waals surface area contributed by atoms with Crippen molar-refractivity contribution in [3.63, 3.8) is 0 Å². The highest BCUT2D eigenvalue weighted by Gasteiger charge is 2.65. The van der Waals surface area contributed by atoms with Gasteiger partial charge in [-0.05, 0) is 32.4 Å². The summed E-state index contributed by atoms with van der Waals surface area (Å²) in [5, 5.41) is 20.5. The standard InChI is InChI=1S/C15H20N2O3S4/c1-9-14(23-24-21)7-10-5-4-6-11(19)12(10)17(14)13(20)15(8-18,22-3)16(9)2/h4-6,11-12,18-19,21H,1,7-8H2,2-3H3/t11-,12-,14+,15+/m0/s1. The third-order valence-corrected chi connectivity index (χ3v) is 9.01. The molecule has 5 nitrogen and oxygen atoms in total. The zero-order valence-electron chi connectivity index (χ0n) is 13.4. The zero-order valence-corrected chi connectivity index (χ0v) is 16.7. The Morgan fingerprint density at radius 3 is 2.83 bits per heavy atom. The van der Waals surface area contributed by atoms with Crippen LogP contribution in [0.2, 0.25) is 0 Å². The Hall–Kier alpha value is -0.190. The van der Waals surface area contributed by atoms with Gasteiger partial charge in [-0.1, -0.05) is 36.5 Å². The first-order valence-corrected chi connectivity index (χ1v) is 11.8. The molecular weight excluding hydrogens is 384 g/mol. The Morgan fingerprint density at radius 2 is 2.25 bits per heavy atom. The number of thioether (sulfide) groups is 1. The van der Waals surface area contributed by atoms with Crippen LogP contribution in [0.5, 0.6) is 0 Å². The summed E-state index contributed by atoms with van der Waals surface area (Å²) in [5.41, 5.74) is 1.73. The van der Waals surface area contributed by atoms with Crippen LogP contribution < -0.4 is 0 Å². The molecule has 3 rings (SSSR count). The summed E-state index contributed by atoms with van der Waals surface area (Å²) < 4.78 is 0. The van der Waals surface area contributed by atoms with E-state index < -0.39 is 21.9 Å². The van der Waals surface area contributed by atoms with E-state index in [-0.39, 0.29) is 12.5 Å². The highest BCUT2D eigenvalue weighted by atomic mass is 33.5. The fraction of sp³-hybridized carbons (Fsp3) is 0.533. The van der Waals surface area contributed by atoms with E-state index >= 15 is 0 Å². The molecule has 2 heterocycles. The first kappa shape index (κ1) is 18.6. The van der Waals surface area contributed by atoms with E-state index in [4.69, 9.17) is 0 Å². The molecule has 2 saturated heterocycles.